The van der Waals surface area contributed by atoms with Crippen LogP contribution in [0.5, 0.6) is 0 Å². The molecule has 210 valence electrons. The van der Waals surface area contributed by atoms with Crippen molar-refractivity contribution in [2.75, 3.05) is 0 Å². The molecule has 0 fully saturated rings. The van der Waals surface area contributed by atoms with Crippen LogP contribution in [0, 0.1) is 0 Å². The van der Waals surface area contributed by atoms with Crippen molar-refractivity contribution in [1.29, 1.82) is 0 Å². The molecule has 45 heavy (non-hydrogen) atoms. The summed E-state index contributed by atoms with van der Waals surface area (Å²) in [7, 11) is 0. The largest absolute Gasteiger partial charge is 0.456 e. The molecule has 0 bridgehead atoms. The molecule has 0 spiro atoms. The average molecular weight is 573 g/mol. The Morgan fingerprint density at radius 1 is 0.289 bits per heavy atom. The van der Waals surface area contributed by atoms with Crippen molar-refractivity contribution in [3.63, 3.8) is 0 Å². The van der Waals surface area contributed by atoms with E-state index in [4.69, 9.17) is 4.42 Å². The van der Waals surface area contributed by atoms with Gasteiger partial charge in [0.2, 0.25) is 0 Å². The van der Waals surface area contributed by atoms with Crippen LogP contribution < -0.4 is 0 Å². The molecule has 8 aromatic carbocycles. The fourth-order valence-corrected chi connectivity index (χ4v) is 7.05. The van der Waals surface area contributed by atoms with Gasteiger partial charge in [-0.2, -0.15) is 0 Å². The minimum absolute atomic E-state index is 0.916. The third-order valence-electron chi connectivity index (χ3n) is 9.08. The molecule has 1 heterocycles. The molecule has 0 N–H and O–H groups in total. The summed E-state index contributed by atoms with van der Waals surface area (Å²) in [5, 5.41) is 7.34. The highest BCUT2D eigenvalue weighted by Crippen LogP contribution is 2.45. The van der Waals surface area contributed by atoms with E-state index in [0.29, 0.717) is 0 Å². The molecule has 0 aliphatic carbocycles. The minimum Gasteiger partial charge on any atom is -0.456 e. The van der Waals surface area contributed by atoms with Gasteiger partial charge in [-0.15, -0.1) is 0 Å². The molecule has 0 aliphatic heterocycles. The summed E-state index contributed by atoms with van der Waals surface area (Å²) in [6, 6.07) is 61.0. The van der Waals surface area contributed by atoms with E-state index in [1.165, 1.54) is 66.1 Å². The highest BCUT2D eigenvalue weighted by Gasteiger charge is 2.18. The normalized spacial score (nSPS) is 11.6. The molecule has 1 heteroatoms. The Hall–Kier alpha value is -5.92. The molecular formula is C44H28O. The van der Waals surface area contributed by atoms with Crippen molar-refractivity contribution in [3.8, 4) is 44.5 Å². The highest BCUT2D eigenvalue weighted by atomic mass is 16.3. The van der Waals surface area contributed by atoms with Gasteiger partial charge < -0.3 is 4.42 Å². The Morgan fingerprint density at radius 2 is 0.800 bits per heavy atom. The van der Waals surface area contributed by atoms with Crippen LogP contribution in [0.4, 0.5) is 0 Å². The van der Waals surface area contributed by atoms with Gasteiger partial charge in [-0.1, -0.05) is 152 Å². The quantitative estimate of drug-likeness (QED) is 0.191. The van der Waals surface area contributed by atoms with Crippen molar-refractivity contribution in [2.45, 2.75) is 0 Å². The zero-order chi connectivity index (χ0) is 29.7. The first-order chi connectivity index (χ1) is 22.3. The monoisotopic (exact) mass is 572 g/mol. The summed E-state index contributed by atoms with van der Waals surface area (Å²) in [6.45, 7) is 0. The van der Waals surface area contributed by atoms with Gasteiger partial charge in [-0.3, -0.25) is 0 Å². The van der Waals surface area contributed by atoms with Crippen LogP contribution in [0.25, 0.3) is 88.0 Å². The molecule has 0 atom stereocenters. The van der Waals surface area contributed by atoms with Gasteiger partial charge >= 0.3 is 0 Å². The van der Waals surface area contributed by atoms with Gasteiger partial charge in [-0.25, -0.2) is 0 Å². The van der Waals surface area contributed by atoms with Gasteiger partial charge in [0.1, 0.15) is 11.2 Å². The predicted octanol–water partition coefficient (Wildman–Crippen LogP) is 12.6. The SMILES string of the molecule is c1ccc(-c2ccc3c(-c4ccccc4)c4ccccc4c(-c4ccc(-c5cccc6oc7ccccc7c56)cc4)c3c2)cc1. The molecule has 0 unspecified atom stereocenters. The number of hydrogen-bond donors (Lipinski definition) is 0. The lowest BCUT2D eigenvalue weighted by molar-refractivity contribution is 0.669. The third-order valence-corrected chi connectivity index (χ3v) is 9.08. The van der Waals surface area contributed by atoms with Crippen molar-refractivity contribution in [1.82, 2.24) is 0 Å². The van der Waals surface area contributed by atoms with Crippen molar-refractivity contribution in [3.05, 3.63) is 170 Å². The molecule has 0 aliphatic rings. The molecule has 0 radical (unpaired) electrons. The number of rotatable bonds is 4. The molecule has 0 amide bonds. The highest BCUT2D eigenvalue weighted by molar-refractivity contribution is 6.22. The maximum atomic E-state index is 6.20. The number of para-hydroxylation sites is 1. The van der Waals surface area contributed by atoms with Crippen molar-refractivity contribution < 1.29 is 4.42 Å². The minimum atomic E-state index is 0.916. The summed E-state index contributed by atoms with van der Waals surface area (Å²) < 4.78 is 6.20. The van der Waals surface area contributed by atoms with Gasteiger partial charge in [0, 0.05) is 10.8 Å². The van der Waals surface area contributed by atoms with Crippen LogP contribution >= 0.6 is 0 Å². The summed E-state index contributed by atoms with van der Waals surface area (Å²) in [6.07, 6.45) is 0. The van der Waals surface area contributed by atoms with Crippen LogP contribution in [0.2, 0.25) is 0 Å². The zero-order valence-electron chi connectivity index (χ0n) is 24.6. The maximum Gasteiger partial charge on any atom is 0.136 e. The van der Waals surface area contributed by atoms with E-state index in [1.54, 1.807) is 0 Å². The second-order valence-corrected chi connectivity index (χ2v) is 11.6. The van der Waals surface area contributed by atoms with Crippen LogP contribution in [0.1, 0.15) is 0 Å². The first kappa shape index (κ1) is 25.6. The first-order valence-electron chi connectivity index (χ1n) is 15.4. The standard InChI is InChI=1S/C44H28O/c1-3-12-29(13-4-1)33-26-27-37-39(28-33)43(36-17-8-7-16-35(36)42(37)31-14-5-2-6-15-31)32-24-22-30(23-25-32)34-19-11-21-41-44(34)38-18-9-10-20-40(38)45-41/h1-28H. The molecule has 0 saturated heterocycles. The molecule has 9 aromatic rings. The zero-order valence-corrected chi connectivity index (χ0v) is 24.6. The molecule has 1 aromatic heterocycles. The summed E-state index contributed by atoms with van der Waals surface area (Å²) in [4.78, 5) is 0. The summed E-state index contributed by atoms with van der Waals surface area (Å²) in [5.74, 6) is 0. The number of hydrogen-bond acceptors (Lipinski definition) is 1. The van der Waals surface area contributed by atoms with Crippen molar-refractivity contribution in [2.24, 2.45) is 0 Å². The van der Waals surface area contributed by atoms with E-state index in [-0.39, 0.29) is 0 Å². The van der Waals surface area contributed by atoms with Gasteiger partial charge in [-0.05, 0) is 84.3 Å². The third kappa shape index (κ3) is 4.17. The average Bonchev–Trinajstić information content (AvgIpc) is 3.50. The maximum absolute atomic E-state index is 6.20. The lowest BCUT2D eigenvalue weighted by atomic mass is 9.84. The number of furan rings is 1. The summed E-state index contributed by atoms with van der Waals surface area (Å²) in [5.41, 5.74) is 11.6. The van der Waals surface area contributed by atoms with E-state index in [1.807, 2.05) is 12.1 Å². The van der Waals surface area contributed by atoms with E-state index in [9.17, 15) is 0 Å². The van der Waals surface area contributed by atoms with Crippen LogP contribution in [0.15, 0.2) is 174 Å². The molecular weight excluding hydrogens is 544 g/mol. The van der Waals surface area contributed by atoms with E-state index in [2.05, 4.69) is 158 Å². The Morgan fingerprint density at radius 3 is 1.53 bits per heavy atom. The predicted molar refractivity (Wildman–Crippen MR) is 190 cm³/mol. The first-order valence-corrected chi connectivity index (χ1v) is 15.4. The Bertz CT molecular complexity index is 2500. The van der Waals surface area contributed by atoms with Gasteiger partial charge in [0.15, 0.2) is 0 Å². The topological polar surface area (TPSA) is 13.1 Å². The van der Waals surface area contributed by atoms with Gasteiger partial charge in [0.05, 0.1) is 0 Å². The fraction of sp³-hybridized carbons (Fsp3) is 0. The van der Waals surface area contributed by atoms with Crippen LogP contribution in [-0.2, 0) is 0 Å². The fourth-order valence-electron chi connectivity index (χ4n) is 7.05. The van der Waals surface area contributed by atoms with Crippen LogP contribution in [0.3, 0.4) is 0 Å². The van der Waals surface area contributed by atoms with E-state index < -0.39 is 0 Å². The Kier molecular flexibility index (Phi) is 5.89. The van der Waals surface area contributed by atoms with Gasteiger partial charge in [0.25, 0.3) is 0 Å². The van der Waals surface area contributed by atoms with E-state index >= 15 is 0 Å². The molecule has 0 saturated carbocycles. The second kappa shape index (κ2) is 10.4. The smallest absolute Gasteiger partial charge is 0.136 e. The Labute approximate surface area is 261 Å². The van der Waals surface area contributed by atoms with Crippen LogP contribution in [-0.4, -0.2) is 0 Å². The molecule has 1 nitrogen and oxygen atoms in total. The number of benzene rings is 8. The number of fused-ring (bicyclic) bond motifs is 5. The molecule has 9 rings (SSSR count). The Balaban J connectivity index is 1.30. The van der Waals surface area contributed by atoms with Crippen molar-refractivity contribution >= 4 is 43.5 Å². The lowest BCUT2D eigenvalue weighted by Crippen LogP contribution is -1.92. The summed E-state index contributed by atoms with van der Waals surface area (Å²) >= 11 is 0. The van der Waals surface area contributed by atoms with E-state index in [0.717, 1.165) is 21.9 Å². The lowest BCUT2D eigenvalue weighted by Gasteiger charge is -2.19. The second-order valence-electron chi connectivity index (χ2n) is 11.6.